The average molecular weight is 283 g/mol. The van der Waals surface area contributed by atoms with E-state index in [0.29, 0.717) is 12.5 Å². The zero-order valence-corrected chi connectivity index (χ0v) is 12.5. The van der Waals surface area contributed by atoms with E-state index in [1.54, 1.807) is 0 Å². The number of anilines is 1. The van der Waals surface area contributed by atoms with Crippen LogP contribution < -0.4 is 10.6 Å². The van der Waals surface area contributed by atoms with E-state index < -0.39 is 0 Å². The van der Waals surface area contributed by atoms with Crippen molar-refractivity contribution in [1.29, 1.82) is 0 Å². The standard InChI is InChI=1S/C15H22N2O.ClH/c1-11-5-3-7-14(12(11)2)17-15(18)9-8-13-6-4-10-16-13;/h3,5,7,13,16H,4,6,8-10H2,1-2H3,(H,17,18);1H. The number of hydrogen-bond donors (Lipinski definition) is 2. The zero-order valence-electron chi connectivity index (χ0n) is 11.7. The second-order valence-corrected chi connectivity index (χ2v) is 5.13. The van der Waals surface area contributed by atoms with Crippen molar-refractivity contribution in [2.45, 2.75) is 45.6 Å². The topological polar surface area (TPSA) is 41.1 Å². The maximum Gasteiger partial charge on any atom is 0.224 e. The van der Waals surface area contributed by atoms with Crippen LogP contribution in [0.5, 0.6) is 0 Å². The Hall–Kier alpha value is -1.06. The highest BCUT2D eigenvalue weighted by Crippen LogP contribution is 2.18. The van der Waals surface area contributed by atoms with Gasteiger partial charge < -0.3 is 10.6 Å². The molecule has 106 valence electrons. The molecule has 1 aliphatic rings. The van der Waals surface area contributed by atoms with Crippen LogP contribution in [0.15, 0.2) is 18.2 Å². The predicted octanol–water partition coefficient (Wildman–Crippen LogP) is 3.20. The van der Waals surface area contributed by atoms with Crippen LogP contribution in [0.25, 0.3) is 0 Å². The average Bonchev–Trinajstić information content (AvgIpc) is 2.86. The fourth-order valence-electron chi connectivity index (χ4n) is 2.41. The van der Waals surface area contributed by atoms with Crippen molar-refractivity contribution in [1.82, 2.24) is 5.32 Å². The van der Waals surface area contributed by atoms with Gasteiger partial charge in [0.05, 0.1) is 0 Å². The van der Waals surface area contributed by atoms with Crippen molar-refractivity contribution in [2.75, 3.05) is 11.9 Å². The number of hydrogen-bond acceptors (Lipinski definition) is 2. The molecular formula is C15H23ClN2O. The summed E-state index contributed by atoms with van der Waals surface area (Å²) in [7, 11) is 0. The van der Waals surface area contributed by atoms with E-state index in [4.69, 9.17) is 0 Å². The molecule has 1 atom stereocenters. The lowest BCUT2D eigenvalue weighted by Crippen LogP contribution is -2.23. The molecule has 0 bridgehead atoms. The van der Waals surface area contributed by atoms with Gasteiger partial charge in [0.25, 0.3) is 0 Å². The van der Waals surface area contributed by atoms with Crippen LogP contribution in [0, 0.1) is 13.8 Å². The summed E-state index contributed by atoms with van der Waals surface area (Å²) >= 11 is 0. The molecule has 1 fully saturated rings. The predicted molar refractivity (Wildman–Crippen MR) is 82.1 cm³/mol. The molecule has 0 spiro atoms. The fourth-order valence-corrected chi connectivity index (χ4v) is 2.41. The van der Waals surface area contributed by atoms with Gasteiger partial charge in [-0.3, -0.25) is 4.79 Å². The maximum atomic E-state index is 11.9. The largest absolute Gasteiger partial charge is 0.326 e. The monoisotopic (exact) mass is 282 g/mol. The maximum absolute atomic E-state index is 11.9. The number of rotatable bonds is 4. The molecule has 1 amide bonds. The van der Waals surface area contributed by atoms with Gasteiger partial charge in [-0.05, 0) is 56.8 Å². The molecule has 4 heteroatoms. The Morgan fingerprint density at radius 1 is 1.42 bits per heavy atom. The van der Waals surface area contributed by atoms with Crippen molar-refractivity contribution >= 4 is 24.0 Å². The first kappa shape index (κ1) is 16.0. The van der Waals surface area contributed by atoms with Gasteiger partial charge in [-0.2, -0.15) is 0 Å². The summed E-state index contributed by atoms with van der Waals surface area (Å²) in [6, 6.07) is 6.55. The summed E-state index contributed by atoms with van der Waals surface area (Å²) < 4.78 is 0. The molecular weight excluding hydrogens is 260 g/mol. The van der Waals surface area contributed by atoms with Gasteiger partial charge >= 0.3 is 0 Å². The van der Waals surface area contributed by atoms with Crippen LogP contribution in [-0.2, 0) is 4.79 Å². The Balaban J connectivity index is 0.00000180. The summed E-state index contributed by atoms with van der Waals surface area (Å²) in [5, 5.41) is 6.42. The molecule has 2 N–H and O–H groups in total. The normalized spacial score (nSPS) is 17.9. The highest BCUT2D eigenvalue weighted by atomic mass is 35.5. The molecule has 1 aromatic rings. The quantitative estimate of drug-likeness (QED) is 0.890. The molecule has 1 aliphatic heterocycles. The first-order valence-electron chi connectivity index (χ1n) is 6.76. The molecule has 1 unspecified atom stereocenters. The second kappa shape index (κ2) is 7.51. The Kier molecular flexibility index (Phi) is 6.32. The molecule has 19 heavy (non-hydrogen) atoms. The van der Waals surface area contributed by atoms with E-state index in [-0.39, 0.29) is 18.3 Å². The minimum absolute atomic E-state index is 0. The third kappa shape index (κ3) is 4.51. The Bertz CT molecular complexity index is 428. The van der Waals surface area contributed by atoms with Crippen LogP contribution in [0.3, 0.4) is 0 Å². The van der Waals surface area contributed by atoms with Crippen molar-refractivity contribution in [2.24, 2.45) is 0 Å². The van der Waals surface area contributed by atoms with Gasteiger partial charge in [-0.1, -0.05) is 12.1 Å². The number of nitrogens with one attached hydrogen (secondary N) is 2. The minimum Gasteiger partial charge on any atom is -0.326 e. The van der Waals surface area contributed by atoms with Crippen molar-refractivity contribution in [3.8, 4) is 0 Å². The summed E-state index contributed by atoms with van der Waals surface area (Å²) in [4.78, 5) is 11.9. The Morgan fingerprint density at radius 2 is 2.21 bits per heavy atom. The van der Waals surface area contributed by atoms with Gasteiger partial charge in [-0.25, -0.2) is 0 Å². The van der Waals surface area contributed by atoms with Crippen LogP contribution in [0.1, 0.15) is 36.8 Å². The number of halogens is 1. The SMILES string of the molecule is Cc1cccc(NC(=O)CCC2CCCN2)c1C.Cl. The van der Waals surface area contributed by atoms with Crippen molar-refractivity contribution in [3.63, 3.8) is 0 Å². The van der Waals surface area contributed by atoms with Gasteiger partial charge in [-0.15, -0.1) is 12.4 Å². The number of benzene rings is 1. The molecule has 0 saturated carbocycles. The van der Waals surface area contributed by atoms with E-state index in [1.165, 1.54) is 18.4 Å². The highest BCUT2D eigenvalue weighted by Gasteiger charge is 2.15. The van der Waals surface area contributed by atoms with Gasteiger partial charge in [0.1, 0.15) is 0 Å². The first-order chi connectivity index (χ1) is 8.66. The summed E-state index contributed by atoms with van der Waals surface area (Å²) in [6.45, 7) is 5.21. The summed E-state index contributed by atoms with van der Waals surface area (Å²) in [6.07, 6.45) is 3.99. The smallest absolute Gasteiger partial charge is 0.224 e. The molecule has 0 aromatic heterocycles. The fraction of sp³-hybridized carbons (Fsp3) is 0.533. The number of carbonyl (C=O) groups excluding carboxylic acids is 1. The van der Waals surface area contributed by atoms with Crippen LogP contribution in [-0.4, -0.2) is 18.5 Å². The molecule has 3 nitrogen and oxygen atoms in total. The van der Waals surface area contributed by atoms with E-state index in [2.05, 4.69) is 23.6 Å². The molecule has 1 aromatic carbocycles. The van der Waals surface area contributed by atoms with E-state index in [9.17, 15) is 4.79 Å². The molecule has 0 radical (unpaired) electrons. The lowest BCUT2D eigenvalue weighted by Gasteiger charge is -2.12. The molecule has 1 heterocycles. The van der Waals surface area contributed by atoms with Gasteiger partial charge in [0.2, 0.25) is 5.91 Å². The minimum atomic E-state index is 0. The Morgan fingerprint density at radius 3 is 2.89 bits per heavy atom. The number of amides is 1. The lowest BCUT2D eigenvalue weighted by atomic mass is 10.1. The highest BCUT2D eigenvalue weighted by molar-refractivity contribution is 5.91. The van der Waals surface area contributed by atoms with Gasteiger partial charge in [0, 0.05) is 18.2 Å². The third-order valence-electron chi connectivity index (χ3n) is 3.76. The third-order valence-corrected chi connectivity index (χ3v) is 3.76. The molecule has 1 saturated heterocycles. The Labute approximate surface area is 121 Å². The molecule has 2 rings (SSSR count). The van der Waals surface area contributed by atoms with Crippen LogP contribution >= 0.6 is 12.4 Å². The molecule has 0 aliphatic carbocycles. The zero-order chi connectivity index (χ0) is 13.0. The summed E-state index contributed by atoms with van der Waals surface area (Å²) in [5.41, 5.74) is 3.31. The summed E-state index contributed by atoms with van der Waals surface area (Å²) in [5.74, 6) is 0.123. The van der Waals surface area contributed by atoms with Gasteiger partial charge in [0.15, 0.2) is 0 Å². The second-order valence-electron chi connectivity index (χ2n) is 5.13. The van der Waals surface area contributed by atoms with Crippen LogP contribution in [0.4, 0.5) is 5.69 Å². The lowest BCUT2D eigenvalue weighted by molar-refractivity contribution is -0.116. The van der Waals surface area contributed by atoms with E-state index >= 15 is 0 Å². The van der Waals surface area contributed by atoms with Crippen LogP contribution in [0.2, 0.25) is 0 Å². The van der Waals surface area contributed by atoms with Crippen molar-refractivity contribution < 1.29 is 4.79 Å². The van der Waals surface area contributed by atoms with E-state index in [1.807, 2.05) is 19.1 Å². The number of aryl methyl sites for hydroxylation is 1. The van der Waals surface area contributed by atoms with Crippen molar-refractivity contribution in [3.05, 3.63) is 29.3 Å². The number of carbonyl (C=O) groups is 1. The van der Waals surface area contributed by atoms with E-state index in [0.717, 1.165) is 24.2 Å². The first-order valence-corrected chi connectivity index (χ1v) is 6.76.